The lowest BCUT2D eigenvalue weighted by Gasteiger charge is -2.67. The Hall–Kier alpha value is -1.49. The highest BCUT2D eigenvalue weighted by atomic mass is 16.7. The maximum atomic E-state index is 14.5. The molecule has 5 rings (SSSR count). The van der Waals surface area contributed by atoms with Crippen molar-refractivity contribution in [3.8, 4) is 0 Å². The number of aliphatic hydroxyl groups excluding tert-OH is 6. The smallest absolute Gasteiger partial charge is 0.187 e. The van der Waals surface area contributed by atoms with Crippen LogP contribution in [0.2, 0.25) is 0 Å². The first kappa shape index (κ1) is 32.9. The Bertz CT molecular complexity index is 1170. The van der Waals surface area contributed by atoms with Crippen LogP contribution in [0.1, 0.15) is 47.5 Å². The van der Waals surface area contributed by atoms with Gasteiger partial charge < -0.3 is 59.8 Å². The molecule has 2 saturated heterocycles. The highest BCUT2D eigenvalue weighted by molar-refractivity contribution is 5.93. The maximum Gasteiger partial charge on any atom is 0.187 e. The third-order valence-corrected chi connectivity index (χ3v) is 11.4. The molecule has 5 aliphatic rings. The van der Waals surface area contributed by atoms with Gasteiger partial charge in [0.1, 0.15) is 54.6 Å². The number of rotatable bonds is 6. The summed E-state index contributed by atoms with van der Waals surface area (Å²) in [6.45, 7) is 11.3. The molecule has 0 aromatic heterocycles. The van der Waals surface area contributed by atoms with Crippen LogP contribution in [0.15, 0.2) is 23.5 Å². The fraction of sp³-hybridized carbons (Fsp3) is 0.833. The van der Waals surface area contributed by atoms with Gasteiger partial charge in [0.2, 0.25) is 0 Å². The normalized spacial score (nSPS) is 51.0. The fourth-order valence-electron chi connectivity index (χ4n) is 8.77. The van der Waals surface area contributed by atoms with Crippen molar-refractivity contribution in [1.29, 1.82) is 0 Å². The molecule has 244 valence electrons. The van der Waals surface area contributed by atoms with E-state index >= 15 is 0 Å². The summed E-state index contributed by atoms with van der Waals surface area (Å²) in [7, 11) is 0. The zero-order valence-corrected chi connectivity index (χ0v) is 25.2. The predicted octanol–water partition coefficient (Wildman–Crippen LogP) is -1.72. The van der Waals surface area contributed by atoms with Crippen LogP contribution in [0.3, 0.4) is 0 Å². The molecule has 13 heteroatoms. The quantitative estimate of drug-likeness (QED) is 0.124. The lowest BCUT2D eigenvalue weighted by Crippen LogP contribution is -2.79. The number of ketones is 1. The van der Waals surface area contributed by atoms with Crippen molar-refractivity contribution in [2.24, 2.45) is 22.7 Å². The van der Waals surface area contributed by atoms with Crippen molar-refractivity contribution >= 4 is 5.78 Å². The zero-order valence-electron chi connectivity index (χ0n) is 25.2. The minimum absolute atomic E-state index is 0.00578. The summed E-state index contributed by atoms with van der Waals surface area (Å²) in [5.74, 6) is -2.37. The van der Waals surface area contributed by atoms with E-state index in [1.54, 1.807) is 34.6 Å². The zero-order chi connectivity index (χ0) is 32.0. The van der Waals surface area contributed by atoms with Crippen LogP contribution in [0.25, 0.3) is 0 Å². The molecular formula is C30H46O13. The second-order valence-electron chi connectivity index (χ2n) is 13.9. The van der Waals surface area contributed by atoms with Gasteiger partial charge in [0.15, 0.2) is 12.1 Å². The van der Waals surface area contributed by atoms with Crippen molar-refractivity contribution in [2.75, 3.05) is 19.8 Å². The largest absolute Gasteiger partial charge is 0.492 e. The summed E-state index contributed by atoms with van der Waals surface area (Å²) >= 11 is 0. The Morgan fingerprint density at radius 1 is 1.07 bits per heavy atom. The molecule has 0 radical (unpaired) electrons. The van der Waals surface area contributed by atoms with E-state index in [0.717, 1.165) is 0 Å². The number of hydrogen-bond donors (Lipinski definition) is 8. The summed E-state index contributed by atoms with van der Waals surface area (Å²) in [5, 5.41) is 86.8. The second-order valence-corrected chi connectivity index (χ2v) is 13.9. The number of aliphatic hydroxyl groups is 8. The average molecular weight is 615 g/mol. The third-order valence-electron chi connectivity index (χ3n) is 11.4. The Morgan fingerprint density at radius 2 is 1.72 bits per heavy atom. The molecule has 0 amide bonds. The van der Waals surface area contributed by atoms with E-state index < -0.39 is 101 Å². The van der Waals surface area contributed by atoms with Gasteiger partial charge in [-0.2, -0.15) is 0 Å². The molecule has 0 aromatic rings. The van der Waals surface area contributed by atoms with E-state index in [9.17, 15) is 45.6 Å². The van der Waals surface area contributed by atoms with E-state index in [2.05, 4.69) is 6.58 Å². The van der Waals surface area contributed by atoms with Crippen LogP contribution in [-0.2, 0) is 23.7 Å². The van der Waals surface area contributed by atoms with Gasteiger partial charge in [-0.3, -0.25) is 4.79 Å². The summed E-state index contributed by atoms with van der Waals surface area (Å²) in [5.41, 5.74) is -5.19. The van der Waals surface area contributed by atoms with Crippen LogP contribution in [0.4, 0.5) is 0 Å². The SMILES string of the molecule is C=C(COC1OC(CO)C(O)C(O)C1O)OC1CC2OC[C@@]2(O)C2C(C)C3(O)CC(O)C(C)=C(C(O)C(=O)[C@]12C)C3(C)C. The highest BCUT2D eigenvalue weighted by Gasteiger charge is 2.74. The molecule has 2 bridgehead atoms. The number of hydrogen-bond acceptors (Lipinski definition) is 13. The van der Waals surface area contributed by atoms with E-state index in [1.165, 1.54) is 0 Å². The molecule has 2 saturated carbocycles. The monoisotopic (exact) mass is 614 g/mol. The minimum atomic E-state index is -1.71. The van der Waals surface area contributed by atoms with Crippen molar-refractivity contribution in [3.63, 3.8) is 0 Å². The predicted molar refractivity (Wildman–Crippen MR) is 147 cm³/mol. The number of carbonyl (C=O) groups excluding carboxylic acids is 1. The van der Waals surface area contributed by atoms with E-state index in [1.807, 2.05) is 0 Å². The summed E-state index contributed by atoms with van der Waals surface area (Å²) in [6.07, 6.45) is -12.0. The molecule has 4 fully saturated rings. The Morgan fingerprint density at radius 3 is 2.30 bits per heavy atom. The topological polar surface area (TPSA) is 216 Å². The van der Waals surface area contributed by atoms with Gasteiger partial charge >= 0.3 is 0 Å². The number of ether oxygens (including phenoxy) is 4. The van der Waals surface area contributed by atoms with Gasteiger partial charge in [0, 0.05) is 24.2 Å². The molecule has 0 aromatic carbocycles. The molecule has 14 atom stereocenters. The number of Topliss-reactive ketones (excluding diaryl/α,β-unsaturated/α-hetero) is 1. The molecule has 8 N–H and O–H groups in total. The third kappa shape index (κ3) is 4.50. The van der Waals surface area contributed by atoms with E-state index in [0.29, 0.717) is 5.57 Å². The molecular weight excluding hydrogens is 568 g/mol. The van der Waals surface area contributed by atoms with Crippen molar-refractivity contribution in [2.45, 2.75) is 114 Å². The Labute approximate surface area is 250 Å². The number of fused-ring (bicyclic) bond motifs is 5. The van der Waals surface area contributed by atoms with Crippen LogP contribution < -0.4 is 0 Å². The lowest BCUT2D eigenvalue weighted by atomic mass is 9.43. The minimum Gasteiger partial charge on any atom is -0.492 e. The molecule has 13 nitrogen and oxygen atoms in total. The van der Waals surface area contributed by atoms with E-state index in [4.69, 9.17) is 18.9 Å². The van der Waals surface area contributed by atoms with Crippen molar-refractivity contribution in [3.05, 3.63) is 23.5 Å². The molecule has 0 spiro atoms. The molecule has 43 heavy (non-hydrogen) atoms. The maximum absolute atomic E-state index is 14.5. The Kier molecular flexibility index (Phi) is 8.26. The van der Waals surface area contributed by atoms with Gasteiger partial charge in [-0.05, 0) is 30.9 Å². The molecule has 12 unspecified atom stereocenters. The van der Waals surface area contributed by atoms with Crippen LogP contribution in [0.5, 0.6) is 0 Å². The first-order chi connectivity index (χ1) is 19.9. The second kappa shape index (κ2) is 10.8. The summed E-state index contributed by atoms with van der Waals surface area (Å²) in [6, 6.07) is 0. The van der Waals surface area contributed by atoms with Crippen molar-refractivity contribution < 1.29 is 64.6 Å². The van der Waals surface area contributed by atoms with Gasteiger partial charge in [0.05, 0.1) is 36.4 Å². The summed E-state index contributed by atoms with van der Waals surface area (Å²) < 4.78 is 22.9. The van der Waals surface area contributed by atoms with Crippen molar-refractivity contribution in [1.82, 2.24) is 0 Å². The van der Waals surface area contributed by atoms with Gasteiger partial charge in [-0.15, -0.1) is 0 Å². The number of carbonyl (C=O) groups is 1. The van der Waals surface area contributed by atoms with Gasteiger partial charge in [-0.25, -0.2) is 0 Å². The fourth-order valence-corrected chi connectivity index (χ4v) is 8.77. The molecule has 3 aliphatic carbocycles. The average Bonchev–Trinajstić information content (AvgIpc) is 2.94. The standard InChI is InChI=1S/C30H46O13/c1-12(10-40-26-23(36)22(35)20(33)16(9-31)43-26)42-17-7-18-29(38,11-41-18)24-14(3)30(39)8-15(32)13(2)19(27(30,4)5)21(34)25(37)28(17,24)6/h14-18,20-24,26,31-36,38-39H,1,7-11H2,2-6H3/t14?,15?,16?,17?,18?,20?,21?,22?,23?,24?,26?,28-,29+,30?/m1/s1. The lowest BCUT2D eigenvalue weighted by molar-refractivity contribution is -0.337. The Balaban J connectivity index is 1.47. The summed E-state index contributed by atoms with van der Waals surface area (Å²) in [4.78, 5) is 14.5. The van der Waals surface area contributed by atoms with Gasteiger partial charge in [0.25, 0.3) is 0 Å². The molecule has 2 aliphatic heterocycles. The van der Waals surface area contributed by atoms with Gasteiger partial charge in [-0.1, -0.05) is 27.4 Å². The molecule has 2 heterocycles. The first-order valence-electron chi connectivity index (χ1n) is 14.8. The van der Waals surface area contributed by atoms with Crippen LogP contribution >= 0.6 is 0 Å². The van der Waals surface area contributed by atoms with Crippen LogP contribution in [0, 0.1) is 22.7 Å². The highest BCUT2D eigenvalue weighted by Crippen LogP contribution is 2.64. The van der Waals surface area contributed by atoms with E-state index in [-0.39, 0.29) is 37.4 Å². The first-order valence-corrected chi connectivity index (χ1v) is 14.8. The van der Waals surface area contributed by atoms with Crippen LogP contribution in [-0.4, -0.2) is 133 Å².